The van der Waals surface area contributed by atoms with Crippen molar-refractivity contribution in [2.45, 2.75) is 31.5 Å². The van der Waals surface area contributed by atoms with Gasteiger partial charge in [-0.1, -0.05) is 36.4 Å². The van der Waals surface area contributed by atoms with Crippen molar-refractivity contribution in [3.8, 4) is 5.75 Å². The van der Waals surface area contributed by atoms with E-state index in [0.29, 0.717) is 13.0 Å². The number of hydrogen-bond donors (Lipinski definition) is 1. The van der Waals surface area contributed by atoms with Gasteiger partial charge in [-0.2, -0.15) is 0 Å². The summed E-state index contributed by atoms with van der Waals surface area (Å²) in [6.07, 6.45) is 2.40. The smallest absolute Gasteiger partial charge is 0.131 e. The first-order valence-electron chi connectivity index (χ1n) is 11.4. The second-order valence-corrected chi connectivity index (χ2v) is 8.64. The number of benzene rings is 3. The lowest BCUT2D eigenvalue weighted by Crippen LogP contribution is -2.44. The number of rotatable bonds is 6. The summed E-state index contributed by atoms with van der Waals surface area (Å²) in [5, 5.41) is 11.0. The molecule has 0 spiro atoms. The summed E-state index contributed by atoms with van der Waals surface area (Å²) in [5.41, 5.74) is 4.15. The lowest BCUT2D eigenvalue weighted by molar-refractivity contribution is 0.154. The van der Waals surface area contributed by atoms with Crippen molar-refractivity contribution >= 4 is 5.69 Å². The summed E-state index contributed by atoms with van der Waals surface area (Å²) in [6.45, 7) is 3.99. The van der Waals surface area contributed by atoms with E-state index in [0.717, 1.165) is 34.7 Å². The number of aliphatic hydroxyl groups is 1. The van der Waals surface area contributed by atoms with Gasteiger partial charge in [0.25, 0.3) is 0 Å². The highest BCUT2D eigenvalue weighted by Crippen LogP contribution is 2.40. The van der Waals surface area contributed by atoms with E-state index >= 15 is 0 Å². The molecule has 2 heterocycles. The highest BCUT2D eigenvalue weighted by atomic mass is 19.1. The maximum atomic E-state index is 13.6. The molecule has 1 N–H and O–H groups in total. The van der Waals surface area contributed by atoms with Crippen LogP contribution < -0.4 is 9.64 Å². The monoisotopic (exact) mass is 432 g/mol. The molecule has 5 heteroatoms. The van der Waals surface area contributed by atoms with Crippen LogP contribution in [0.15, 0.2) is 72.8 Å². The predicted octanol–water partition coefficient (Wildman–Crippen LogP) is 4.77. The number of aliphatic hydroxyl groups excluding tert-OH is 1. The predicted molar refractivity (Wildman–Crippen MR) is 124 cm³/mol. The zero-order valence-electron chi connectivity index (χ0n) is 18.2. The average molecular weight is 433 g/mol. The van der Waals surface area contributed by atoms with Gasteiger partial charge in [-0.25, -0.2) is 4.39 Å². The zero-order valence-corrected chi connectivity index (χ0v) is 18.2. The van der Waals surface area contributed by atoms with E-state index in [2.05, 4.69) is 29.2 Å². The summed E-state index contributed by atoms with van der Waals surface area (Å²) in [4.78, 5) is 4.42. The van der Waals surface area contributed by atoms with Gasteiger partial charge in [0.15, 0.2) is 0 Å². The normalized spacial score (nSPS) is 20.9. The maximum absolute atomic E-state index is 13.6. The standard InChI is InChI=1S/C27H29FN2O2/c28-22-9-11-23(12-10-22)30-26(31)19-21-5-1-2-6-25(21)27(30)20-7-13-24(14-8-20)32-18-17-29-15-3-4-16-29/h1-2,5-14,26-27,31H,3-4,15-19H2. The Hall–Kier alpha value is -2.89. The molecular formula is C27H29FN2O2. The summed E-state index contributed by atoms with van der Waals surface area (Å²) >= 11 is 0. The Bertz CT molecular complexity index is 1030. The molecular weight excluding hydrogens is 403 g/mol. The van der Waals surface area contributed by atoms with E-state index in [1.54, 1.807) is 12.1 Å². The summed E-state index contributed by atoms with van der Waals surface area (Å²) in [5.74, 6) is 0.568. The van der Waals surface area contributed by atoms with Crippen molar-refractivity contribution in [1.29, 1.82) is 0 Å². The molecule has 0 aliphatic carbocycles. The van der Waals surface area contributed by atoms with E-state index < -0.39 is 6.23 Å². The molecule has 1 fully saturated rings. The van der Waals surface area contributed by atoms with Gasteiger partial charge < -0.3 is 14.7 Å². The van der Waals surface area contributed by atoms with Crippen LogP contribution in [0.25, 0.3) is 0 Å². The van der Waals surface area contributed by atoms with Gasteiger partial charge in [0.1, 0.15) is 24.4 Å². The zero-order chi connectivity index (χ0) is 21.9. The van der Waals surface area contributed by atoms with Crippen LogP contribution in [-0.4, -0.2) is 42.5 Å². The number of fused-ring (bicyclic) bond motifs is 1. The van der Waals surface area contributed by atoms with Crippen molar-refractivity contribution in [3.05, 3.63) is 95.3 Å². The number of nitrogens with zero attached hydrogens (tertiary/aromatic N) is 2. The summed E-state index contributed by atoms with van der Waals surface area (Å²) in [6, 6.07) is 22.6. The highest BCUT2D eigenvalue weighted by Gasteiger charge is 2.34. The largest absolute Gasteiger partial charge is 0.492 e. The Balaban J connectivity index is 1.41. The number of halogens is 1. The Labute approximate surface area is 188 Å². The van der Waals surface area contributed by atoms with Gasteiger partial charge in [-0.3, -0.25) is 4.90 Å². The fourth-order valence-corrected chi connectivity index (χ4v) is 4.92. The minimum Gasteiger partial charge on any atom is -0.492 e. The molecule has 32 heavy (non-hydrogen) atoms. The van der Waals surface area contributed by atoms with Crippen LogP contribution in [-0.2, 0) is 6.42 Å². The molecule has 0 aromatic heterocycles. The quantitative estimate of drug-likeness (QED) is 0.609. The van der Waals surface area contributed by atoms with Gasteiger partial charge in [0.05, 0.1) is 6.04 Å². The van der Waals surface area contributed by atoms with Gasteiger partial charge in [-0.15, -0.1) is 0 Å². The SMILES string of the molecule is OC1Cc2ccccc2C(c2ccc(OCCN3CCCC3)cc2)N1c1ccc(F)cc1. The van der Waals surface area contributed by atoms with E-state index in [4.69, 9.17) is 4.74 Å². The van der Waals surface area contributed by atoms with Crippen molar-refractivity contribution in [1.82, 2.24) is 4.90 Å². The Morgan fingerprint density at radius 3 is 2.38 bits per heavy atom. The van der Waals surface area contributed by atoms with Gasteiger partial charge >= 0.3 is 0 Å². The van der Waals surface area contributed by atoms with Crippen LogP contribution >= 0.6 is 0 Å². The molecule has 5 rings (SSSR count). The van der Waals surface area contributed by atoms with Crippen molar-refractivity contribution in [2.75, 3.05) is 31.1 Å². The molecule has 3 aromatic carbocycles. The summed E-state index contributed by atoms with van der Waals surface area (Å²) in [7, 11) is 0. The molecule has 166 valence electrons. The first kappa shape index (κ1) is 21.0. The number of likely N-dealkylation sites (tertiary alicyclic amines) is 1. The molecule has 0 saturated carbocycles. The van der Waals surface area contributed by atoms with Crippen LogP contribution in [0, 0.1) is 5.82 Å². The van der Waals surface area contributed by atoms with E-state index in [1.165, 1.54) is 38.1 Å². The molecule has 1 saturated heterocycles. The fraction of sp³-hybridized carbons (Fsp3) is 0.333. The molecule has 2 aliphatic heterocycles. The minimum absolute atomic E-state index is 0.168. The van der Waals surface area contributed by atoms with E-state index in [9.17, 15) is 9.50 Å². The van der Waals surface area contributed by atoms with Crippen LogP contribution in [0.5, 0.6) is 5.75 Å². The maximum Gasteiger partial charge on any atom is 0.131 e. The van der Waals surface area contributed by atoms with E-state index in [-0.39, 0.29) is 11.9 Å². The van der Waals surface area contributed by atoms with Crippen LogP contribution in [0.3, 0.4) is 0 Å². The van der Waals surface area contributed by atoms with Gasteiger partial charge in [-0.05, 0) is 79.0 Å². The molecule has 0 radical (unpaired) electrons. The third-order valence-corrected chi connectivity index (χ3v) is 6.55. The van der Waals surface area contributed by atoms with Crippen molar-refractivity contribution < 1.29 is 14.2 Å². The summed E-state index contributed by atoms with van der Waals surface area (Å²) < 4.78 is 19.5. The second kappa shape index (κ2) is 9.31. The molecule has 0 bridgehead atoms. The van der Waals surface area contributed by atoms with Crippen LogP contribution in [0.4, 0.5) is 10.1 Å². The lowest BCUT2D eigenvalue weighted by Gasteiger charge is -2.42. The molecule has 0 amide bonds. The number of ether oxygens (including phenoxy) is 1. The first-order chi connectivity index (χ1) is 15.7. The number of anilines is 1. The van der Waals surface area contributed by atoms with Crippen LogP contribution in [0.1, 0.15) is 35.6 Å². The fourth-order valence-electron chi connectivity index (χ4n) is 4.92. The van der Waals surface area contributed by atoms with E-state index in [1.807, 2.05) is 29.2 Å². The third kappa shape index (κ3) is 4.36. The molecule has 4 nitrogen and oxygen atoms in total. The molecule has 3 aromatic rings. The Kier molecular flexibility index (Phi) is 6.10. The van der Waals surface area contributed by atoms with Gasteiger partial charge in [0, 0.05) is 18.7 Å². The molecule has 2 atom stereocenters. The first-order valence-corrected chi connectivity index (χ1v) is 11.4. The topological polar surface area (TPSA) is 35.9 Å². The molecule has 2 aliphatic rings. The average Bonchev–Trinajstić information content (AvgIpc) is 3.33. The van der Waals surface area contributed by atoms with Crippen LogP contribution in [0.2, 0.25) is 0 Å². The molecule has 2 unspecified atom stereocenters. The van der Waals surface area contributed by atoms with Gasteiger partial charge in [0.2, 0.25) is 0 Å². The minimum atomic E-state index is -0.697. The third-order valence-electron chi connectivity index (χ3n) is 6.55. The number of hydrogen-bond acceptors (Lipinski definition) is 4. The highest BCUT2D eigenvalue weighted by molar-refractivity contribution is 5.57. The Morgan fingerprint density at radius 2 is 1.62 bits per heavy atom. The second-order valence-electron chi connectivity index (χ2n) is 8.64. The lowest BCUT2D eigenvalue weighted by atomic mass is 9.87. The van der Waals surface area contributed by atoms with Crippen molar-refractivity contribution in [3.63, 3.8) is 0 Å². The van der Waals surface area contributed by atoms with Crippen molar-refractivity contribution in [2.24, 2.45) is 0 Å². The Morgan fingerprint density at radius 1 is 0.906 bits per heavy atom.